The lowest BCUT2D eigenvalue weighted by molar-refractivity contribution is 1.41. The molecule has 0 unspecified atom stereocenters. The van der Waals surface area contributed by atoms with Gasteiger partial charge in [-0.2, -0.15) is 0 Å². The van der Waals surface area contributed by atoms with E-state index in [1.54, 1.807) is 0 Å². The van der Waals surface area contributed by atoms with Crippen LogP contribution in [0.3, 0.4) is 0 Å². The van der Waals surface area contributed by atoms with E-state index in [0.717, 1.165) is 21.4 Å². The zero-order valence-corrected chi connectivity index (χ0v) is 12.3. The molecule has 0 amide bonds. The average Bonchev–Trinajstić information content (AvgIpc) is 2.36. The third-order valence-electron chi connectivity index (χ3n) is 2.64. The number of hydrogen-bond acceptors (Lipinski definition) is 2. The summed E-state index contributed by atoms with van der Waals surface area (Å²) in [7, 11) is 0. The average molecular weight is 321 g/mol. The second-order valence-corrected chi connectivity index (χ2v) is 5.24. The number of halogens is 1. The second kappa shape index (κ2) is 5.50. The van der Waals surface area contributed by atoms with Gasteiger partial charge in [0.15, 0.2) is 0 Å². The van der Waals surface area contributed by atoms with Crippen LogP contribution in [0, 0.1) is 6.92 Å². The minimum Gasteiger partial charge on any atom is -0.389 e. The molecule has 0 bridgehead atoms. The van der Waals surface area contributed by atoms with Gasteiger partial charge in [0, 0.05) is 15.7 Å². The number of nitrogens with two attached hydrogens (primary N) is 1. The van der Waals surface area contributed by atoms with E-state index in [2.05, 4.69) is 34.2 Å². The van der Waals surface area contributed by atoms with Crippen molar-refractivity contribution in [3.05, 3.63) is 58.1 Å². The van der Waals surface area contributed by atoms with Crippen LogP contribution in [0.2, 0.25) is 0 Å². The highest BCUT2D eigenvalue weighted by molar-refractivity contribution is 9.10. The van der Waals surface area contributed by atoms with E-state index < -0.39 is 0 Å². The molecule has 0 spiro atoms. The first-order valence-electron chi connectivity index (χ1n) is 5.50. The molecule has 0 saturated heterocycles. The zero-order valence-electron chi connectivity index (χ0n) is 9.91. The Kier molecular flexibility index (Phi) is 3.99. The maximum atomic E-state index is 5.56. The fraction of sp³-hybridized carbons (Fsp3) is 0.0714. The molecule has 0 saturated carbocycles. The summed E-state index contributed by atoms with van der Waals surface area (Å²) in [5, 5.41) is 3.35. The first-order valence-corrected chi connectivity index (χ1v) is 6.70. The molecule has 2 aromatic carbocycles. The van der Waals surface area contributed by atoms with E-state index in [1.807, 2.05) is 36.4 Å². The first-order chi connectivity index (χ1) is 8.58. The van der Waals surface area contributed by atoms with Gasteiger partial charge in [0.05, 0.1) is 5.69 Å². The molecule has 0 radical (unpaired) electrons. The van der Waals surface area contributed by atoms with Gasteiger partial charge in [-0.25, -0.2) is 0 Å². The summed E-state index contributed by atoms with van der Waals surface area (Å²) < 4.78 is 1.07. The fourth-order valence-corrected chi connectivity index (χ4v) is 2.12. The standard InChI is InChI=1S/C14H13BrN2S/c1-9-3-2-4-12(13(9)15)17-11-7-5-10(6-8-11)14(16)18/h2-8,17H,1H3,(H2,16,18). The molecule has 0 aliphatic carbocycles. The number of thiocarbonyl (C=S) groups is 1. The molecule has 0 atom stereocenters. The summed E-state index contributed by atoms with van der Waals surface area (Å²) in [4.78, 5) is 0.415. The Morgan fingerprint density at radius 1 is 1.17 bits per heavy atom. The van der Waals surface area contributed by atoms with Crippen molar-refractivity contribution in [1.29, 1.82) is 0 Å². The quantitative estimate of drug-likeness (QED) is 0.835. The largest absolute Gasteiger partial charge is 0.389 e. The van der Waals surface area contributed by atoms with E-state index in [0.29, 0.717) is 4.99 Å². The lowest BCUT2D eigenvalue weighted by Crippen LogP contribution is -2.08. The van der Waals surface area contributed by atoms with Gasteiger partial charge in [0.2, 0.25) is 0 Å². The highest BCUT2D eigenvalue weighted by atomic mass is 79.9. The summed E-state index contributed by atoms with van der Waals surface area (Å²) in [5.41, 5.74) is 9.67. The maximum Gasteiger partial charge on any atom is 0.103 e. The van der Waals surface area contributed by atoms with Gasteiger partial charge in [0.1, 0.15) is 4.99 Å². The Balaban J connectivity index is 2.24. The zero-order chi connectivity index (χ0) is 13.1. The molecular weight excluding hydrogens is 308 g/mol. The summed E-state index contributed by atoms with van der Waals surface area (Å²) in [5.74, 6) is 0. The summed E-state index contributed by atoms with van der Waals surface area (Å²) in [6.45, 7) is 2.06. The van der Waals surface area contributed by atoms with Gasteiger partial charge in [-0.1, -0.05) is 24.4 Å². The third kappa shape index (κ3) is 2.89. The van der Waals surface area contributed by atoms with Crippen LogP contribution in [-0.2, 0) is 0 Å². The molecule has 2 nitrogen and oxygen atoms in total. The van der Waals surface area contributed by atoms with Gasteiger partial charge < -0.3 is 11.1 Å². The van der Waals surface area contributed by atoms with Crippen molar-refractivity contribution in [1.82, 2.24) is 0 Å². The van der Waals surface area contributed by atoms with Crippen molar-refractivity contribution in [3.63, 3.8) is 0 Å². The molecule has 0 aromatic heterocycles. The van der Waals surface area contributed by atoms with E-state index in [9.17, 15) is 0 Å². The lowest BCUT2D eigenvalue weighted by Gasteiger charge is -2.10. The van der Waals surface area contributed by atoms with Crippen molar-refractivity contribution in [2.24, 2.45) is 5.73 Å². The maximum absolute atomic E-state index is 5.56. The molecule has 0 aliphatic rings. The minimum atomic E-state index is 0.415. The van der Waals surface area contributed by atoms with Crippen LogP contribution in [-0.4, -0.2) is 4.99 Å². The van der Waals surface area contributed by atoms with Crippen LogP contribution >= 0.6 is 28.1 Å². The molecular formula is C14H13BrN2S. The molecule has 2 rings (SSSR count). The molecule has 0 heterocycles. The lowest BCUT2D eigenvalue weighted by atomic mass is 10.2. The van der Waals surface area contributed by atoms with E-state index in [4.69, 9.17) is 18.0 Å². The summed E-state index contributed by atoms with van der Waals surface area (Å²) in [6.07, 6.45) is 0. The molecule has 92 valence electrons. The highest BCUT2D eigenvalue weighted by Gasteiger charge is 2.03. The number of benzene rings is 2. The van der Waals surface area contributed by atoms with E-state index in [-0.39, 0.29) is 0 Å². The number of anilines is 2. The van der Waals surface area contributed by atoms with E-state index in [1.165, 1.54) is 5.56 Å². The van der Waals surface area contributed by atoms with Gasteiger partial charge in [-0.05, 0) is 58.7 Å². The van der Waals surface area contributed by atoms with Crippen molar-refractivity contribution in [3.8, 4) is 0 Å². The normalized spacial score (nSPS) is 10.1. The summed E-state index contributed by atoms with van der Waals surface area (Å²) in [6, 6.07) is 13.9. The number of aryl methyl sites for hydroxylation is 1. The number of hydrogen-bond donors (Lipinski definition) is 2. The smallest absolute Gasteiger partial charge is 0.103 e. The van der Waals surface area contributed by atoms with Gasteiger partial charge in [-0.15, -0.1) is 0 Å². The van der Waals surface area contributed by atoms with Crippen molar-refractivity contribution < 1.29 is 0 Å². The number of rotatable bonds is 3. The second-order valence-electron chi connectivity index (χ2n) is 4.00. The first kappa shape index (κ1) is 13.1. The Labute approximate surface area is 120 Å². The van der Waals surface area contributed by atoms with Crippen molar-refractivity contribution in [2.75, 3.05) is 5.32 Å². The topological polar surface area (TPSA) is 38.0 Å². The van der Waals surface area contributed by atoms with Gasteiger partial charge in [-0.3, -0.25) is 0 Å². The summed E-state index contributed by atoms with van der Waals surface area (Å²) >= 11 is 8.49. The third-order valence-corrected chi connectivity index (χ3v) is 3.93. The van der Waals surface area contributed by atoms with Crippen LogP contribution < -0.4 is 11.1 Å². The monoisotopic (exact) mass is 320 g/mol. The van der Waals surface area contributed by atoms with Crippen LogP contribution in [0.15, 0.2) is 46.9 Å². The highest BCUT2D eigenvalue weighted by Crippen LogP contribution is 2.28. The molecule has 18 heavy (non-hydrogen) atoms. The Bertz CT molecular complexity index is 579. The van der Waals surface area contributed by atoms with Crippen molar-refractivity contribution >= 4 is 44.5 Å². The predicted octanol–water partition coefficient (Wildman–Crippen LogP) is 4.14. The van der Waals surface area contributed by atoms with Gasteiger partial charge in [0.25, 0.3) is 0 Å². The Morgan fingerprint density at radius 2 is 1.83 bits per heavy atom. The minimum absolute atomic E-state index is 0.415. The SMILES string of the molecule is Cc1cccc(Nc2ccc(C(N)=S)cc2)c1Br. The molecule has 2 aromatic rings. The van der Waals surface area contributed by atoms with Gasteiger partial charge >= 0.3 is 0 Å². The predicted molar refractivity (Wildman–Crippen MR) is 84.5 cm³/mol. The Morgan fingerprint density at radius 3 is 2.44 bits per heavy atom. The molecule has 4 heteroatoms. The number of nitrogens with one attached hydrogen (secondary N) is 1. The van der Waals surface area contributed by atoms with Crippen molar-refractivity contribution in [2.45, 2.75) is 6.92 Å². The van der Waals surface area contributed by atoms with Crippen LogP contribution in [0.5, 0.6) is 0 Å². The van der Waals surface area contributed by atoms with E-state index >= 15 is 0 Å². The molecule has 0 aliphatic heterocycles. The molecule has 3 N–H and O–H groups in total. The van der Waals surface area contributed by atoms with Crippen LogP contribution in [0.4, 0.5) is 11.4 Å². The Hall–Kier alpha value is -1.39. The molecule has 0 fully saturated rings. The fourth-order valence-electron chi connectivity index (χ4n) is 1.62. The van der Waals surface area contributed by atoms with Crippen LogP contribution in [0.25, 0.3) is 0 Å². The van der Waals surface area contributed by atoms with Crippen LogP contribution in [0.1, 0.15) is 11.1 Å².